The number of rotatable bonds is 6. The van der Waals surface area contributed by atoms with Gasteiger partial charge in [0.25, 0.3) is 5.91 Å². The second-order valence-corrected chi connectivity index (χ2v) is 6.84. The molecule has 1 aliphatic heterocycles. The number of aliphatic hydroxyl groups is 1. The quantitative estimate of drug-likeness (QED) is 0.783. The molecule has 5 nitrogen and oxygen atoms in total. The van der Waals surface area contributed by atoms with E-state index in [4.69, 9.17) is 4.74 Å². The number of nitrogens with one attached hydrogen (secondary N) is 1. The molecular weight excluding hydrogens is 280 g/mol. The highest BCUT2D eigenvalue weighted by Crippen LogP contribution is 2.23. The average Bonchev–Trinajstić information content (AvgIpc) is 2.48. The summed E-state index contributed by atoms with van der Waals surface area (Å²) in [5, 5.41) is 14.2. The van der Waals surface area contributed by atoms with E-state index in [1.165, 1.54) is 32.1 Å². The molecule has 2 fully saturated rings. The van der Waals surface area contributed by atoms with Crippen LogP contribution < -0.4 is 5.32 Å². The van der Waals surface area contributed by atoms with E-state index in [9.17, 15) is 9.90 Å². The maximum Gasteiger partial charge on any atom is 0.255 e. The van der Waals surface area contributed by atoms with Crippen LogP contribution in [-0.2, 0) is 9.53 Å². The molecule has 1 aliphatic carbocycles. The van der Waals surface area contributed by atoms with E-state index in [0.717, 1.165) is 25.8 Å². The molecule has 1 amide bonds. The van der Waals surface area contributed by atoms with Crippen molar-refractivity contribution in [2.45, 2.75) is 69.4 Å². The van der Waals surface area contributed by atoms with Crippen molar-refractivity contribution in [2.24, 2.45) is 0 Å². The molecule has 1 saturated heterocycles. The fourth-order valence-electron chi connectivity index (χ4n) is 3.62. The average molecular weight is 312 g/mol. The van der Waals surface area contributed by atoms with Gasteiger partial charge in [0.2, 0.25) is 0 Å². The third-order valence-corrected chi connectivity index (χ3v) is 5.06. The van der Waals surface area contributed by atoms with Gasteiger partial charge in [-0.05, 0) is 25.7 Å². The van der Waals surface area contributed by atoms with Crippen molar-refractivity contribution >= 4 is 5.91 Å². The molecule has 1 heterocycles. The summed E-state index contributed by atoms with van der Waals surface area (Å²) in [6, 6.07) is 0.450. The van der Waals surface area contributed by atoms with E-state index < -0.39 is 5.60 Å². The molecule has 5 heteroatoms. The van der Waals surface area contributed by atoms with Crippen LogP contribution in [0.15, 0.2) is 0 Å². The van der Waals surface area contributed by atoms with Crippen molar-refractivity contribution in [3.05, 3.63) is 0 Å². The lowest BCUT2D eigenvalue weighted by Crippen LogP contribution is -2.59. The van der Waals surface area contributed by atoms with Crippen LogP contribution in [0.3, 0.4) is 0 Å². The molecule has 0 aromatic rings. The summed E-state index contributed by atoms with van der Waals surface area (Å²) in [5.41, 5.74) is -1.23. The number of piperidine rings is 1. The Morgan fingerprint density at radius 2 is 1.91 bits per heavy atom. The van der Waals surface area contributed by atoms with Gasteiger partial charge < -0.3 is 20.1 Å². The summed E-state index contributed by atoms with van der Waals surface area (Å²) in [7, 11) is 1.64. The SMILES string of the molecule is COCCN1CCC[C@](O)(CNC2CCCCCCC2)C1=O. The molecule has 0 radical (unpaired) electrons. The lowest BCUT2D eigenvalue weighted by atomic mass is 9.90. The summed E-state index contributed by atoms with van der Waals surface area (Å²) in [6.07, 6.45) is 10.2. The summed E-state index contributed by atoms with van der Waals surface area (Å²) in [4.78, 5) is 14.3. The number of likely N-dealkylation sites (tertiary alicyclic amines) is 1. The van der Waals surface area contributed by atoms with Crippen LogP contribution in [0.1, 0.15) is 57.8 Å². The van der Waals surface area contributed by atoms with Crippen LogP contribution in [0.25, 0.3) is 0 Å². The van der Waals surface area contributed by atoms with Gasteiger partial charge in [-0.15, -0.1) is 0 Å². The molecule has 2 N–H and O–H groups in total. The number of hydrogen-bond donors (Lipinski definition) is 2. The summed E-state index contributed by atoms with van der Waals surface area (Å²) >= 11 is 0. The fourth-order valence-corrected chi connectivity index (χ4v) is 3.62. The second-order valence-electron chi connectivity index (χ2n) is 6.84. The van der Waals surface area contributed by atoms with Gasteiger partial charge in [0.05, 0.1) is 6.61 Å². The van der Waals surface area contributed by atoms with E-state index in [-0.39, 0.29) is 5.91 Å². The Morgan fingerprint density at radius 1 is 1.23 bits per heavy atom. The standard InChI is InChI=1S/C17H32N2O3/c1-22-13-12-19-11-7-10-17(21,16(19)20)14-18-15-8-5-3-2-4-6-9-15/h15,18,21H,2-14H2,1H3/t17-/m0/s1. The Hall–Kier alpha value is -0.650. The number of amides is 1. The fraction of sp³-hybridized carbons (Fsp3) is 0.941. The molecule has 0 spiro atoms. The van der Waals surface area contributed by atoms with E-state index >= 15 is 0 Å². The van der Waals surface area contributed by atoms with Gasteiger partial charge in [-0.1, -0.05) is 32.1 Å². The van der Waals surface area contributed by atoms with Gasteiger partial charge in [-0.25, -0.2) is 0 Å². The second kappa shape index (κ2) is 8.85. The molecule has 1 atom stereocenters. The number of hydrogen-bond acceptors (Lipinski definition) is 4. The summed E-state index contributed by atoms with van der Waals surface area (Å²) < 4.78 is 5.05. The van der Waals surface area contributed by atoms with Gasteiger partial charge in [0, 0.05) is 32.8 Å². The molecule has 2 rings (SSSR count). The number of ether oxygens (including phenoxy) is 1. The predicted molar refractivity (Wildman–Crippen MR) is 86.7 cm³/mol. The number of nitrogens with zero attached hydrogens (tertiary/aromatic N) is 1. The maximum atomic E-state index is 12.5. The van der Waals surface area contributed by atoms with Crippen molar-refractivity contribution in [3.63, 3.8) is 0 Å². The Kier molecular flexibility index (Phi) is 7.12. The van der Waals surface area contributed by atoms with Gasteiger partial charge in [-0.3, -0.25) is 4.79 Å². The van der Waals surface area contributed by atoms with E-state index in [2.05, 4.69) is 5.32 Å². The first-order chi connectivity index (χ1) is 10.7. The van der Waals surface area contributed by atoms with Crippen molar-refractivity contribution in [1.29, 1.82) is 0 Å². The molecule has 0 unspecified atom stereocenters. The number of methoxy groups -OCH3 is 1. The minimum Gasteiger partial charge on any atom is -0.383 e. The first-order valence-corrected chi connectivity index (χ1v) is 8.90. The van der Waals surface area contributed by atoms with Crippen LogP contribution in [0.4, 0.5) is 0 Å². The Labute approximate surface area is 134 Å². The van der Waals surface area contributed by atoms with Crippen LogP contribution in [0.5, 0.6) is 0 Å². The predicted octanol–water partition coefficient (Wildman–Crippen LogP) is 1.69. The minimum atomic E-state index is -1.23. The molecular formula is C17H32N2O3. The van der Waals surface area contributed by atoms with Gasteiger partial charge in [0.15, 0.2) is 5.60 Å². The zero-order chi connectivity index (χ0) is 15.8. The summed E-state index contributed by atoms with van der Waals surface area (Å²) in [6.45, 7) is 2.22. The Morgan fingerprint density at radius 3 is 2.59 bits per heavy atom. The normalized spacial score (nSPS) is 28.5. The highest BCUT2D eigenvalue weighted by atomic mass is 16.5. The van der Waals surface area contributed by atoms with Crippen molar-refractivity contribution in [3.8, 4) is 0 Å². The third-order valence-electron chi connectivity index (χ3n) is 5.06. The van der Waals surface area contributed by atoms with E-state index in [0.29, 0.717) is 32.2 Å². The highest BCUT2D eigenvalue weighted by molar-refractivity contribution is 5.86. The molecule has 22 heavy (non-hydrogen) atoms. The van der Waals surface area contributed by atoms with Crippen LogP contribution in [-0.4, -0.2) is 60.9 Å². The Bertz CT molecular complexity index is 343. The smallest absolute Gasteiger partial charge is 0.255 e. The van der Waals surface area contributed by atoms with Gasteiger partial charge in [-0.2, -0.15) is 0 Å². The van der Waals surface area contributed by atoms with Crippen LogP contribution >= 0.6 is 0 Å². The molecule has 2 aliphatic rings. The van der Waals surface area contributed by atoms with Crippen molar-refractivity contribution in [1.82, 2.24) is 10.2 Å². The summed E-state index contributed by atoms with van der Waals surface area (Å²) in [5.74, 6) is -0.130. The molecule has 128 valence electrons. The first kappa shape index (κ1) is 17.7. The lowest BCUT2D eigenvalue weighted by Gasteiger charge is -2.39. The van der Waals surface area contributed by atoms with Gasteiger partial charge >= 0.3 is 0 Å². The molecule has 0 aromatic carbocycles. The number of carbonyl (C=O) groups excluding carboxylic acids is 1. The lowest BCUT2D eigenvalue weighted by molar-refractivity contribution is -0.157. The van der Waals surface area contributed by atoms with Crippen LogP contribution in [0, 0.1) is 0 Å². The first-order valence-electron chi connectivity index (χ1n) is 8.90. The Balaban J connectivity index is 1.84. The molecule has 0 bridgehead atoms. The monoisotopic (exact) mass is 312 g/mol. The molecule has 1 saturated carbocycles. The largest absolute Gasteiger partial charge is 0.383 e. The van der Waals surface area contributed by atoms with Crippen molar-refractivity contribution < 1.29 is 14.6 Å². The maximum absolute atomic E-state index is 12.5. The zero-order valence-corrected chi connectivity index (χ0v) is 14.0. The van der Waals surface area contributed by atoms with Gasteiger partial charge in [0.1, 0.15) is 0 Å². The van der Waals surface area contributed by atoms with E-state index in [1.807, 2.05) is 0 Å². The van der Waals surface area contributed by atoms with E-state index in [1.54, 1.807) is 12.0 Å². The molecule has 0 aromatic heterocycles. The number of carbonyl (C=O) groups is 1. The third kappa shape index (κ3) is 4.93. The highest BCUT2D eigenvalue weighted by Gasteiger charge is 2.42. The minimum absolute atomic E-state index is 0.130. The zero-order valence-electron chi connectivity index (χ0n) is 14.0. The van der Waals surface area contributed by atoms with Crippen LogP contribution in [0.2, 0.25) is 0 Å². The topological polar surface area (TPSA) is 61.8 Å². The van der Waals surface area contributed by atoms with Crippen molar-refractivity contribution in [2.75, 3.05) is 33.4 Å².